The molecule has 3 atom stereocenters. The fourth-order valence-electron chi connectivity index (χ4n) is 2.38. The van der Waals surface area contributed by atoms with E-state index >= 15 is 0 Å². The number of rotatable bonds is 6. The first-order valence-electron chi connectivity index (χ1n) is 7.45. The van der Waals surface area contributed by atoms with Crippen LogP contribution in [0.4, 0.5) is 0 Å². The van der Waals surface area contributed by atoms with Crippen molar-refractivity contribution in [1.82, 2.24) is 9.78 Å². The van der Waals surface area contributed by atoms with Gasteiger partial charge in [0.1, 0.15) is 0 Å². The van der Waals surface area contributed by atoms with E-state index in [4.69, 9.17) is 0 Å². The Morgan fingerprint density at radius 2 is 2.20 bits per heavy atom. The van der Waals surface area contributed by atoms with E-state index in [9.17, 15) is 4.79 Å². The maximum absolute atomic E-state index is 12.5. The van der Waals surface area contributed by atoms with Crippen LogP contribution in [-0.2, 0) is 11.2 Å². The zero-order valence-corrected chi connectivity index (χ0v) is 14.2. The molecule has 0 radical (unpaired) electrons. The van der Waals surface area contributed by atoms with Crippen LogP contribution < -0.4 is 0 Å². The Kier molecular flexibility index (Phi) is 6.02. The normalized spacial score (nSPS) is 24.6. The molecule has 2 rings (SSSR count). The molecule has 0 N–H and O–H groups in total. The van der Waals surface area contributed by atoms with Gasteiger partial charge in [0.25, 0.3) is 0 Å². The molecule has 20 heavy (non-hydrogen) atoms. The quantitative estimate of drug-likeness (QED) is 0.804. The van der Waals surface area contributed by atoms with Crippen LogP contribution in [0.3, 0.4) is 0 Å². The van der Waals surface area contributed by atoms with E-state index in [1.165, 1.54) is 5.75 Å². The zero-order chi connectivity index (χ0) is 14.5. The molecule has 1 aliphatic heterocycles. The van der Waals surface area contributed by atoms with Gasteiger partial charge in [0.05, 0.1) is 17.4 Å². The lowest BCUT2D eigenvalue weighted by atomic mass is 10.1. The highest BCUT2D eigenvalue weighted by atomic mass is 32.2. The van der Waals surface area contributed by atoms with Crippen LogP contribution in [0, 0.1) is 0 Å². The Bertz CT molecular complexity index is 447. The first kappa shape index (κ1) is 16.0. The minimum Gasteiger partial charge on any atom is -0.298 e. The molecule has 0 aliphatic carbocycles. The Balaban J connectivity index is 1.98. The third-order valence-electron chi connectivity index (χ3n) is 3.83. The minimum absolute atomic E-state index is 0.160. The third kappa shape index (κ3) is 3.82. The molecule has 112 valence electrons. The summed E-state index contributed by atoms with van der Waals surface area (Å²) in [6.07, 6.45) is 4.62. The highest BCUT2D eigenvalue weighted by molar-refractivity contribution is 8.07. The van der Waals surface area contributed by atoms with Crippen LogP contribution in [0.2, 0.25) is 0 Å². The lowest BCUT2D eigenvalue weighted by molar-refractivity contribution is -0.118. The summed E-state index contributed by atoms with van der Waals surface area (Å²) < 4.78 is 1.97. The number of carbonyl (C=O) groups is 1. The van der Waals surface area contributed by atoms with Gasteiger partial charge < -0.3 is 0 Å². The number of Topliss-reactive ketones (excluding diaryl/α,β-unsaturated/α-hetero) is 1. The SMILES string of the molecule is CCC1SCCSC1C(=O)Cc1ccn(C(C)CC)n1. The molecule has 2 heterocycles. The number of carbonyl (C=O) groups excluding carboxylic acids is 1. The van der Waals surface area contributed by atoms with E-state index in [1.54, 1.807) is 0 Å². The van der Waals surface area contributed by atoms with Crippen molar-refractivity contribution in [2.45, 2.75) is 56.6 Å². The number of thioether (sulfide) groups is 2. The van der Waals surface area contributed by atoms with E-state index in [1.807, 2.05) is 40.5 Å². The molecule has 0 amide bonds. The Morgan fingerprint density at radius 3 is 2.90 bits per heavy atom. The smallest absolute Gasteiger partial charge is 0.152 e. The molecule has 3 unspecified atom stereocenters. The fraction of sp³-hybridized carbons (Fsp3) is 0.733. The zero-order valence-electron chi connectivity index (χ0n) is 12.5. The summed E-state index contributed by atoms with van der Waals surface area (Å²) in [5, 5.41) is 5.19. The molecular formula is C15H24N2OS2. The number of aromatic nitrogens is 2. The van der Waals surface area contributed by atoms with Crippen LogP contribution in [0.1, 0.15) is 45.3 Å². The van der Waals surface area contributed by atoms with Crippen molar-refractivity contribution in [3.63, 3.8) is 0 Å². The summed E-state index contributed by atoms with van der Waals surface area (Å²) in [5.74, 6) is 2.62. The van der Waals surface area contributed by atoms with Gasteiger partial charge in [0.2, 0.25) is 0 Å². The molecule has 0 spiro atoms. The van der Waals surface area contributed by atoms with Gasteiger partial charge in [-0.25, -0.2) is 0 Å². The first-order chi connectivity index (χ1) is 9.65. The average molecular weight is 313 g/mol. The second-order valence-electron chi connectivity index (χ2n) is 5.30. The van der Waals surface area contributed by atoms with Gasteiger partial charge in [-0.3, -0.25) is 9.48 Å². The second kappa shape index (κ2) is 7.55. The molecule has 3 nitrogen and oxygen atoms in total. The molecule has 0 saturated carbocycles. The van der Waals surface area contributed by atoms with Gasteiger partial charge in [-0.05, 0) is 25.8 Å². The van der Waals surface area contributed by atoms with Gasteiger partial charge >= 0.3 is 0 Å². The highest BCUT2D eigenvalue weighted by Crippen LogP contribution is 2.34. The number of ketones is 1. The molecular weight excluding hydrogens is 288 g/mol. The summed E-state index contributed by atoms with van der Waals surface area (Å²) in [5.41, 5.74) is 0.918. The van der Waals surface area contributed by atoms with Crippen molar-refractivity contribution < 1.29 is 4.79 Å². The fourth-order valence-corrected chi connectivity index (χ4v) is 5.42. The van der Waals surface area contributed by atoms with E-state index in [0.29, 0.717) is 23.5 Å². The predicted molar refractivity (Wildman–Crippen MR) is 88.7 cm³/mol. The minimum atomic E-state index is 0.160. The Labute approximate surface area is 130 Å². The van der Waals surface area contributed by atoms with E-state index < -0.39 is 0 Å². The van der Waals surface area contributed by atoms with Crippen LogP contribution in [-0.4, -0.2) is 37.6 Å². The summed E-state index contributed by atoms with van der Waals surface area (Å²) in [6.45, 7) is 6.49. The van der Waals surface area contributed by atoms with Crippen molar-refractivity contribution in [1.29, 1.82) is 0 Å². The van der Waals surface area contributed by atoms with E-state index in [2.05, 4.69) is 25.9 Å². The topological polar surface area (TPSA) is 34.9 Å². The molecule has 5 heteroatoms. The van der Waals surface area contributed by atoms with Crippen LogP contribution >= 0.6 is 23.5 Å². The second-order valence-corrected chi connectivity index (χ2v) is 7.89. The first-order valence-corrected chi connectivity index (χ1v) is 9.55. The lowest BCUT2D eigenvalue weighted by Crippen LogP contribution is -2.33. The Morgan fingerprint density at radius 1 is 1.45 bits per heavy atom. The summed E-state index contributed by atoms with van der Waals surface area (Å²) in [4.78, 5) is 12.5. The molecule has 1 aliphatic rings. The standard InChI is InChI=1S/C15H24N2OS2/c1-4-11(3)17-7-6-12(16-17)10-13(18)15-14(5-2)19-8-9-20-15/h6-7,11,14-15H,4-5,8-10H2,1-3H3. The predicted octanol–water partition coefficient (Wildman–Crippen LogP) is 3.59. The maximum Gasteiger partial charge on any atom is 0.152 e. The molecule has 1 saturated heterocycles. The highest BCUT2D eigenvalue weighted by Gasteiger charge is 2.31. The van der Waals surface area contributed by atoms with E-state index in [0.717, 1.165) is 24.3 Å². The van der Waals surface area contributed by atoms with Crippen molar-refractivity contribution in [3.05, 3.63) is 18.0 Å². The van der Waals surface area contributed by atoms with Crippen molar-refractivity contribution in [2.24, 2.45) is 0 Å². The van der Waals surface area contributed by atoms with Crippen molar-refractivity contribution in [2.75, 3.05) is 11.5 Å². The number of hydrogen-bond acceptors (Lipinski definition) is 4. The molecule has 1 fully saturated rings. The molecule has 0 bridgehead atoms. The summed E-state index contributed by atoms with van der Waals surface area (Å²) >= 11 is 3.79. The number of nitrogens with zero attached hydrogens (tertiary/aromatic N) is 2. The molecule has 0 aromatic carbocycles. The van der Waals surface area contributed by atoms with Gasteiger partial charge in [0, 0.05) is 29.0 Å². The van der Waals surface area contributed by atoms with Gasteiger partial charge in [-0.2, -0.15) is 16.9 Å². The Hall–Kier alpha value is -0.420. The molecule has 1 aromatic heterocycles. The monoisotopic (exact) mass is 312 g/mol. The summed E-state index contributed by atoms with van der Waals surface area (Å²) in [7, 11) is 0. The van der Waals surface area contributed by atoms with Gasteiger partial charge in [-0.1, -0.05) is 13.8 Å². The van der Waals surface area contributed by atoms with Crippen LogP contribution in [0.5, 0.6) is 0 Å². The largest absolute Gasteiger partial charge is 0.298 e. The van der Waals surface area contributed by atoms with Crippen LogP contribution in [0.25, 0.3) is 0 Å². The number of hydrogen-bond donors (Lipinski definition) is 0. The van der Waals surface area contributed by atoms with Gasteiger partial charge in [0.15, 0.2) is 5.78 Å². The lowest BCUT2D eigenvalue weighted by Gasteiger charge is -2.28. The molecule has 1 aromatic rings. The third-order valence-corrected chi connectivity index (χ3v) is 7.13. The van der Waals surface area contributed by atoms with Crippen molar-refractivity contribution in [3.8, 4) is 0 Å². The van der Waals surface area contributed by atoms with E-state index in [-0.39, 0.29) is 5.25 Å². The average Bonchev–Trinajstić information content (AvgIpc) is 2.94. The maximum atomic E-state index is 12.5. The van der Waals surface area contributed by atoms with Crippen LogP contribution in [0.15, 0.2) is 12.3 Å². The van der Waals surface area contributed by atoms with Gasteiger partial charge in [-0.15, -0.1) is 11.8 Å². The van der Waals surface area contributed by atoms with Crippen molar-refractivity contribution >= 4 is 29.3 Å². The summed E-state index contributed by atoms with van der Waals surface area (Å²) in [6, 6.07) is 2.40.